The van der Waals surface area contributed by atoms with Gasteiger partial charge in [-0.05, 0) is 24.6 Å². The molecule has 0 aliphatic heterocycles. The number of aromatic nitrogens is 2. The Labute approximate surface area is 144 Å². The zero-order chi connectivity index (χ0) is 16.9. The first-order chi connectivity index (χ1) is 11.6. The van der Waals surface area contributed by atoms with Crippen LogP contribution in [0.25, 0.3) is 10.6 Å². The van der Waals surface area contributed by atoms with Gasteiger partial charge >= 0.3 is 0 Å². The summed E-state index contributed by atoms with van der Waals surface area (Å²) in [4.78, 5) is 12.1. The first-order valence-corrected chi connectivity index (χ1v) is 8.29. The third-order valence-electron chi connectivity index (χ3n) is 3.49. The Morgan fingerprint density at radius 2 is 1.79 bits per heavy atom. The van der Waals surface area contributed by atoms with Gasteiger partial charge in [0.25, 0.3) is 0 Å². The van der Waals surface area contributed by atoms with Gasteiger partial charge in [0, 0.05) is 5.56 Å². The predicted octanol–water partition coefficient (Wildman–Crippen LogP) is 3.70. The van der Waals surface area contributed by atoms with Crippen LogP contribution in [0.15, 0.2) is 48.5 Å². The molecule has 0 atom stereocenters. The number of nitrogens with zero attached hydrogens (tertiary/aromatic N) is 2. The van der Waals surface area contributed by atoms with Gasteiger partial charge in [-0.25, -0.2) is 0 Å². The molecular formula is C18H17N3O2S. The molecule has 0 spiro atoms. The molecule has 24 heavy (non-hydrogen) atoms. The van der Waals surface area contributed by atoms with E-state index in [2.05, 4.69) is 15.5 Å². The van der Waals surface area contributed by atoms with Gasteiger partial charge in [-0.2, -0.15) is 0 Å². The van der Waals surface area contributed by atoms with E-state index in [1.54, 1.807) is 7.11 Å². The Morgan fingerprint density at radius 3 is 2.46 bits per heavy atom. The fourth-order valence-corrected chi connectivity index (χ4v) is 2.94. The number of aryl methyl sites for hydroxylation is 1. The normalized spacial score (nSPS) is 10.4. The van der Waals surface area contributed by atoms with Crippen LogP contribution in [0, 0.1) is 6.92 Å². The van der Waals surface area contributed by atoms with E-state index in [-0.39, 0.29) is 12.3 Å². The number of rotatable bonds is 5. The average Bonchev–Trinajstić information content (AvgIpc) is 3.04. The molecule has 1 N–H and O–H groups in total. The van der Waals surface area contributed by atoms with Gasteiger partial charge in [-0.15, -0.1) is 10.2 Å². The van der Waals surface area contributed by atoms with Crippen LogP contribution in [-0.2, 0) is 11.2 Å². The third-order valence-corrected chi connectivity index (χ3v) is 4.38. The van der Waals surface area contributed by atoms with Crippen LogP contribution in [-0.4, -0.2) is 23.2 Å². The second-order valence-electron chi connectivity index (χ2n) is 5.35. The van der Waals surface area contributed by atoms with Crippen molar-refractivity contribution in [1.82, 2.24) is 10.2 Å². The molecule has 6 heteroatoms. The molecule has 0 saturated heterocycles. The molecule has 0 bridgehead atoms. The quantitative estimate of drug-likeness (QED) is 0.770. The molecule has 2 aromatic carbocycles. The molecule has 0 radical (unpaired) electrons. The van der Waals surface area contributed by atoms with Crippen LogP contribution in [0.4, 0.5) is 5.13 Å². The van der Waals surface area contributed by atoms with Crippen molar-refractivity contribution in [3.8, 4) is 16.3 Å². The maximum atomic E-state index is 12.1. The Morgan fingerprint density at radius 1 is 1.08 bits per heavy atom. The molecule has 0 aliphatic carbocycles. The Kier molecular flexibility index (Phi) is 4.86. The van der Waals surface area contributed by atoms with Crippen LogP contribution in [0.2, 0.25) is 0 Å². The Bertz CT molecular complexity index is 826. The summed E-state index contributed by atoms with van der Waals surface area (Å²) in [5.41, 5.74) is 3.10. The van der Waals surface area contributed by atoms with Gasteiger partial charge in [0.2, 0.25) is 11.0 Å². The lowest BCUT2D eigenvalue weighted by atomic mass is 10.1. The van der Waals surface area contributed by atoms with E-state index in [0.29, 0.717) is 5.13 Å². The minimum Gasteiger partial charge on any atom is -0.497 e. The van der Waals surface area contributed by atoms with Crippen molar-refractivity contribution in [2.24, 2.45) is 0 Å². The van der Waals surface area contributed by atoms with Crippen molar-refractivity contribution in [3.63, 3.8) is 0 Å². The Balaban J connectivity index is 1.63. The number of carbonyl (C=O) groups excluding carboxylic acids is 1. The second kappa shape index (κ2) is 7.23. The number of nitrogens with one attached hydrogen (secondary N) is 1. The minimum absolute atomic E-state index is 0.119. The van der Waals surface area contributed by atoms with Gasteiger partial charge < -0.3 is 10.1 Å². The van der Waals surface area contributed by atoms with E-state index in [9.17, 15) is 4.79 Å². The first-order valence-electron chi connectivity index (χ1n) is 7.47. The highest BCUT2D eigenvalue weighted by molar-refractivity contribution is 7.18. The molecule has 0 aliphatic rings. The van der Waals surface area contributed by atoms with Crippen LogP contribution in [0.3, 0.4) is 0 Å². The summed E-state index contributed by atoms with van der Waals surface area (Å²) in [6, 6.07) is 15.5. The van der Waals surface area contributed by atoms with Gasteiger partial charge in [0.15, 0.2) is 0 Å². The summed E-state index contributed by atoms with van der Waals surface area (Å²) in [5, 5.41) is 12.3. The van der Waals surface area contributed by atoms with Crippen LogP contribution in [0.5, 0.6) is 5.75 Å². The number of anilines is 1. The van der Waals surface area contributed by atoms with Crippen LogP contribution in [0.1, 0.15) is 11.1 Å². The van der Waals surface area contributed by atoms with E-state index >= 15 is 0 Å². The van der Waals surface area contributed by atoms with E-state index in [1.165, 1.54) is 16.9 Å². The van der Waals surface area contributed by atoms with Crippen molar-refractivity contribution in [3.05, 3.63) is 59.7 Å². The number of benzene rings is 2. The van der Waals surface area contributed by atoms with Crippen LogP contribution >= 0.6 is 11.3 Å². The molecule has 1 aromatic heterocycles. The molecule has 0 unspecified atom stereocenters. The largest absolute Gasteiger partial charge is 0.497 e. The van der Waals surface area contributed by atoms with Crippen molar-refractivity contribution < 1.29 is 9.53 Å². The maximum Gasteiger partial charge on any atom is 0.230 e. The lowest BCUT2D eigenvalue weighted by Gasteiger charge is -2.03. The van der Waals surface area contributed by atoms with Crippen molar-refractivity contribution in [2.75, 3.05) is 12.4 Å². The minimum atomic E-state index is -0.119. The molecule has 3 rings (SSSR count). The first kappa shape index (κ1) is 16.1. The fourth-order valence-electron chi connectivity index (χ4n) is 2.18. The number of ether oxygens (including phenoxy) is 1. The third kappa shape index (κ3) is 3.97. The summed E-state index contributed by atoms with van der Waals surface area (Å²) in [7, 11) is 1.61. The molecule has 5 nitrogen and oxygen atoms in total. The lowest BCUT2D eigenvalue weighted by Crippen LogP contribution is -2.14. The van der Waals surface area contributed by atoms with Crippen molar-refractivity contribution in [1.29, 1.82) is 0 Å². The smallest absolute Gasteiger partial charge is 0.230 e. The maximum absolute atomic E-state index is 12.1. The van der Waals surface area contributed by atoms with Gasteiger partial charge in [-0.1, -0.05) is 53.3 Å². The zero-order valence-electron chi connectivity index (χ0n) is 13.4. The van der Waals surface area contributed by atoms with E-state index in [0.717, 1.165) is 21.9 Å². The molecule has 1 amide bonds. The van der Waals surface area contributed by atoms with E-state index < -0.39 is 0 Å². The number of amides is 1. The monoisotopic (exact) mass is 339 g/mol. The number of hydrogen-bond acceptors (Lipinski definition) is 5. The SMILES string of the molecule is COc1ccc(CC(=O)Nc2nnc(-c3ccc(C)cc3)s2)cc1. The van der Waals surface area contributed by atoms with Gasteiger partial charge in [0.1, 0.15) is 10.8 Å². The predicted molar refractivity (Wildman–Crippen MR) is 95.4 cm³/mol. The molecule has 3 aromatic rings. The lowest BCUT2D eigenvalue weighted by molar-refractivity contribution is -0.115. The topological polar surface area (TPSA) is 64.1 Å². The molecular weight excluding hydrogens is 322 g/mol. The molecule has 1 heterocycles. The van der Waals surface area contributed by atoms with Gasteiger partial charge in [0.05, 0.1) is 13.5 Å². The van der Waals surface area contributed by atoms with Crippen molar-refractivity contribution in [2.45, 2.75) is 13.3 Å². The second-order valence-corrected chi connectivity index (χ2v) is 6.33. The zero-order valence-corrected chi connectivity index (χ0v) is 14.3. The highest BCUT2D eigenvalue weighted by Gasteiger charge is 2.10. The highest BCUT2D eigenvalue weighted by Crippen LogP contribution is 2.26. The summed E-state index contributed by atoms with van der Waals surface area (Å²) < 4.78 is 5.10. The average molecular weight is 339 g/mol. The van der Waals surface area contributed by atoms with Crippen LogP contribution < -0.4 is 10.1 Å². The molecule has 0 fully saturated rings. The number of carbonyl (C=O) groups is 1. The van der Waals surface area contributed by atoms with Crippen molar-refractivity contribution >= 4 is 22.4 Å². The standard InChI is InChI=1S/C18H17N3O2S/c1-12-3-7-14(8-4-12)17-20-21-18(24-17)19-16(22)11-13-5-9-15(23-2)10-6-13/h3-10H,11H2,1-2H3,(H,19,21,22). The summed E-state index contributed by atoms with van der Waals surface area (Å²) >= 11 is 1.36. The Hall–Kier alpha value is -2.73. The molecule has 0 saturated carbocycles. The highest BCUT2D eigenvalue weighted by atomic mass is 32.1. The summed E-state index contributed by atoms with van der Waals surface area (Å²) in [5.74, 6) is 0.651. The van der Waals surface area contributed by atoms with E-state index in [4.69, 9.17) is 4.74 Å². The fraction of sp³-hybridized carbons (Fsp3) is 0.167. The number of methoxy groups -OCH3 is 1. The van der Waals surface area contributed by atoms with Gasteiger partial charge in [-0.3, -0.25) is 4.79 Å². The summed E-state index contributed by atoms with van der Waals surface area (Å²) in [6.07, 6.45) is 0.281. The number of hydrogen-bond donors (Lipinski definition) is 1. The molecule has 122 valence electrons. The summed E-state index contributed by atoms with van der Waals surface area (Å²) in [6.45, 7) is 2.04. The van der Waals surface area contributed by atoms with E-state index in [1.807, 2.05) is 55.5 Å².